The molecule has 7 nitrogen and oxygen atoms in total. The average molecular weight is 289 g/mol. The van der Waals surface area contributed by atoms with Crippen molar-refractivity contribution in [3.8, 4) is 5.88 Å². The zero-order valence-electron chi connectivity index (χ0n) is 12.2. The molecule has 0 saturated heterocycles. The molecular weight excluding hydrogens is 270 g/mol. The predicted molar refractivity (Wildman–Crippen MR) is 77.1 cm³/mol. The monoisotopic (exact) mass is 289 g/mol. The maximum atomic E-state index is 9.91. The molecule has 1 aliphatic heterocycles. The van der Waals surface area contributed by atoms with E-state index < -0.39 is 6.10 Å². The highest BCUT2D eigenvalue weighted by atomic mass is 16.5. The molecular formula is C14H19N5O2. The molecule has 1 aliphatic rings. The Labute approximate surface area is 123 Å². The molecule has 1 N–H and O–H groups in total. The van der Waals surface area contributed by atoms with Crippen LogP contribution in [0.25, 0.3) is 0 Å². The van der Waals surface area contributed by atoms with E-state index in [1.54, 1.807) is 19.5 Å². The van der Waals surface area contributed by atoms with Gasteiger partial charge in [0, 0.05) is 18.9 Å². The van der Waals surface area contributed by atoms with Gasteiger partial charge in [-0.05, 0) is 12.5 Å². The molecule has 2 aromatic heterocycles. The molecule has 112 valence electrons. The van der Waals surface area contributed by atoms with Crippen LogP contribution in [-0.2, 0) is 13.1 Å². The predicted octanol–water partition coefficient (Wildman–Crippen LogP) is 1.15. The van der Waals surface area contributed by atoms with Gasteiger partial charge in [-0.1, -0.05) is 6.92 Å². The van der Waals surface area contributed by atoms with Crippen LogP contribution in [0.1, 0.15) is 30.8 Å². The molecule has 2 aromatic rings. The molecule has 3 rings (SSSR count). The van der Waals surface area contributed by atoms with Crippen LogP contribution >= 0.6 is 0 Å². The Hall–Kier alpha value is -2.15. The van der Waals surface area contributed by atoms with Crippen molar-refractivity contribution >= 4 is 5.82 Å². The van der Waals surface area contributed by atoms with E-state index in [0.29, 0.717) is 18.8 Å². The highest BCUT2D eigenvalue weighted by molar-refractivity contribution is 5.48. The summed E-state index contributed by atoms with van der Waals surface area (Å²) in [5, 5.41) is 14.4. The molecule has 0 radical (unpaired) electrons. The topological polar surface area (TPSA) is 76.3 Å². The van der Waals surface area contributed by atoms with Crippen molar-refractivity contribution < 1.29 is 9.84 Å². The fourth-order valence-corrected chi connectivity index (χ4v) is 2.52. The molecule has 21 heavy (non-hydrogen) atoms. The molecule has 0 aromatic carbocycles. The van der Waals surface area contributed by atoms with Crippen molar-refractivity contribution in [2.45, 2.75) is 32.5 Å². The van der Waals surface area contributed by atoms with Crippen LogP contribution in [0.4, 0.5) is 5.82 Å². The van der Waals surface area contributed by atoms with Crippen LogP contribution in [0.5, 0.6) is 5.88 Å². The Morgan fingerprint density at radius 2 is 2.14 bits per heavy atom. The first-order valence-corrected chi connectivity index (χ1v) is 7.07. The van der Waals surface area contributed by atoms with Gasteiger partial charge in [-0.25, -0.2) is 9.97 Å². The maximum Gasteiger partial charge on any atom is 0.257 e. The van der Waals surface area contributed by atoms with Crippen LogP contribution < -0.4 is 9.64 Å². The number of fused-ring (bicyclic) bond motifs is 1. The Kier molecular flexibility index (Phi) is 3.74. The molecule has 0 spiro atoms. The van der Waals surface area contributed by atoms with Gasteiger partial charge >= 0.3 is 0 Å². The van der Waals surface area contributed by atoms with E-state index in [1.807, 2.05) is 17.7 Å². The lowest BCUT2D eigenvalue weighted by molar-refractivity contribution is 0.168. The summed E-state index contributed by atoms with van der Waals surface area (Å²) in [7, 11) is 1.59. The Morgan fingerprint density at radius 3 is 2.90 bits per heavy atom. The molecule has 0 aliphatic carbocycles. The van der Waals surface area contributed by atoms with Crippen molar-refractivity contribution in [1.29, 1.82) is 0 Å². The van der Waals surface area contributed by atoms with E-state index >= 15 is 0 Å². The fraction of sp³-hybridized carbons (Fsp3) is 0.500. The van der Waals surface area contributed by atoms with Crippen LogP contribution in [0.15, 0.2) is 18.5 Å². The maximum absolute atomic E-state index is 9.91. The first-order chi connectivity index (χ1) is 10.2. The molecule has 0 amide bonds. The molecule has 0 fully saturated rings. The standard InChI is InChI=1S/C14H19N5O2/c1-3-12(20)11-8-10-9-18(6-7-19(10)17-11)13-14(21-2)16-5-4-15-13/h4-5,8,12,20H,3,6-7,9H2,1-2H3/t12-/m0/s1. The average Bonchev–Trinajstić information content (AvgIpc) is 2.97. The van der Waals surface area contributed by atoms with E-state index in [9.17, 15) is 5.11 Å². The van der Waals surface area contributed by atoms with E-state index in [0.717, 1.165) is 30.3 Å². The quantitative estimate of drug-likeness (QED) is 0.909. The molecule has 1 atom stereocenters. The van der Waals surface area contributed by atoms with Gasteiger partial charge in [-0.15, -0.1) is 0 Å². The SMILES string of the molecule is CC[C@H](O)c1cc2n(n1)CCN(c1nccnc1OC)C2. The number of nitrogens with zero attached hydrogens (tertiary/aromatic N) is 5. The largest absolute Gasteiger partial charge is 0.478 e. The van der Waals surface area contributed by atoms with E-state index in [-0.39, 0.29) is 0 Å². The molecule has 3 heterocycles. The second-order valence-corrected chi connectivity index (χ2v) is 5.02. The third-order valence-corrected chi connectivity index (χ3v) is 3.68. The normalized spacial score (nSPS) is 15.7. The molecule has 0 unspecified atom stereocenters. The van der Waals surface area contributed by atoms with Crippen LogP contribution in [0, 0.1) is 0 Å². The number of ether oxygens (including phenoxy) is 1. The van der Waals surface area contributed by atoms with Gasteiger partial charge in [0.25, 0.3) is 5.88 Å². The van der Waals surface area contributed by atoms with Gasteiger partial charge in [0.05, 0.1) is 37.7 Å². The van der Waals surface area contributed by atoms with Crippen molar-refractivity contribution in [3.05, 3.63) is 29.8 Å². The Bertz CT molecular complexity index is 628. The van der Waals surface area contributed by atoms with Gasteiger partial charge in [0.1, 0.15) is 0 Å². The Morgan fingerprint density at radius 1 is 1.33 bits per heavy atom. The minimum Gasteiger partial charge on any atom is -0.478 e. The second-order valence-electron chi connectivity index (χ2n) is 5.02. The number of anilines is 1. The fourth-order valence-electron chi connectivity index (χ4n) is 2.52. The van der Waals surface area contributed by atoms with Crippen LogP contribution in [-0.4, -0.2) is 38.5 Å². The van der Waals surface area contributed by atoms with Crippen molar-refractivity contribution in [2.24, 2.45) is 0 Å². The minimum absolute atomic E-state index is 0.498. The lowest BCUT2D eigenvalue weighted by Gasteiger charge is -2.28. The lowest BCUT2D eigenvalue weighted by Crippen LogP contribution is -2.34. The number of aromatic nitrogens is 4. The van der Waals surface area contributed by atoms with Crippen molar-refractivity contribution in [2.75, 3.05) is 18.6 Å². The first-order valence-electron chi connectivity index (χ1n) is 7.07. The number of hydrogen-bond donors (Lipinski definition) is 1. The van der Waals surface area contributed by atoms with Gasteiger partial charge in [-0.2, -0.15) is 5.10 Å². The zero-order valence-corrected chi connectivity index (χ0v) is 12.2. The van der Waals surface area contributed by atoms with Gasteiger partial charge in [-0.3, -0.25) is 4.68 Å². The summed E-state index contributed by atoms with van der Waals surface area (Å²) < 4.78 is 7.22. The third kappa shape index (κ3) is 2.56. The Balaban J connectivity index is 1.85. The highest BCUT2D eigenvalue weighted by Gasteiger charge is 2.23. The summed E-state index contributed by atoms with van der Waals surface area (Å²) in [6, 6.07) is 1.96. The minimum atomic E-state index is -0.498. The molecule has 7 heteroatoms. The van der Waals surface area contributed by atoms with Crippen molar-refractivity contribution in [3.63, 3.8) is 0 Å². The van der Waals surface area contributed by atoms with Gasteiger partial charge in [0.15, 0.2) is 5.82 Å². The summed E-state index contributed by atoms with van der Waals surface area (Å²) >= 11 is 0. The third-order valence-electron chi connectivity index (χ3n) is 3.68. The van der Waals surface area contributed by atoms with Gasteiger partial charge in [0.2, 0.25) is 0 Å². The van der Waals surface area contributed by atoms with Crippen molar-refractivity contribution in [1.82, 2.24) is 19.7 Å². The number of aliphatic hydroxyl groups excluding tert-OH is 1. The highest BCUT2D eigenvalue weighted by Crippen LogP contribution is 2.27. The number of rotatable bonds is 4. The smallest absolute Gasteiger partial charge is 0.257 e. The summed E-state index contributed by atoms with van der Waals surface area (Å²) in [5.74, 6) is 1.27. The number of methoxy groups -OCH3 is 1. The summed E-state index contributed by atoms with van der Waals surface area (Å²) in [6.45, 7) is 4.16. The summed E-state index contributed by atoms with van der Waals surface area (Å²) in [5.41, 5.74) is 1.80. The lowest BCUT2D eigenvalue weighted by atomic mass is 10.2. The van der Waals surface area contributed by atoms with Crippen LogP contribution in [0.3, 0.4) is 0 Å². The van der Waals surface area contributed by atoms with E-state index in [1.165, 1.54) is 0 Å². The summed E-state index contributed by atoms with van der Waals surface area (Å²) in [4.78, 5) is 10.7. The van der Waals surface area contributed by atoms with Crippen LogP contribution in [0.2, 0.25) is 0 Å². The van der Waals surface area contributed by atoms with E-state index in [4.69, 9.17) is 4.74 Å². The first kappa shape index (κ1) is 13.8. The number of aliphatic hydroxyl groups is 1. The molecule has 0 bridgehead atoms. The zero-order chi connectivity index (χ0) is 14.8. The molecule has 0 saturated carbocycles. The van der Waals surface area contributed by atoms with E-state index in [2.05, 4.69) is 20.0 Å². The van der Waals surface area contributed by atoms with Gasteiger partial charge < -0.3 is 14.7 Å². The second kappa shape index (κ2) is 5.69. The summed E-state index contributed by atoms with van der Waals surface area (Å²) in [6.07, 6.45) is 3.45. The number of hydrogen-bond acceptors (Lipinski definition) is 6.